The first-order chi connectivity index (χ1) is 14.1. The number of amides is 1. The van der Waals surface area contributed by atoms with E-state index in [-0.39, 0.29) is 10.5 Å². The highest BCUT2D eigenvalue weighted by atomic mass is 35.5. The minimum Gasteiger partial charge on any atom is -0.445 e. The fourth-order valence-corrected chi connectivity index (χ4v) is 4.52. The van der Waals surface area contributed by atoms with Crippen molar-refractivity contribution in [2.24, 2.45) is 0 Å². The van der Waals surface area contributed by atoms with Gasteiger partial charge in [-0.1, -0.05) is 24.3 Å². The van der Waals surface area contributed by atoms with Gasteiger partial charge in [-0.3, -0.25) is 5.32 Å². The van der Waals surface area contributed by atoms with Crippen molar-refractivity contribution in [3.63, 3.8) is 0 Å². The van der Waals surface area contributed by atoms with Crippen molar-refractivity contribution < 1.29 is 26.7 Å². The summed E-state index contributed by atoms with van der Waals surface area (Å²) in [5.74, 6) is -1.76. The minimum atomic E-state index is -4.27. The fourth-order valence-electron chi connectivity index (χ4n) is 2.59. The highest BCUT2D eigenvalue weighted by Crippen LogP contribution is 2.36. The molecule has 0 radical (unpaired) electrons. The van der Waals surface area contributed by atoms with Crippen LogP contribution in [0.2, 0.25) is 5.02 Å². The maximum atomic E-state index is 14.5. The Morgan fingerprint density at radius 2 is 1.87 bits per heavy atom. The number of ether oxygens (including phenoxy) is 1. The zero-order valence-electron chi connectivity index (χ0n) is 16.3. The second-order valence-corrected chi connectivity index (χ2v) is 8.85. The Bertz CT molecular complexity index is 1080. The van der Waals surface area contributed by atoms with Gasteiger partial charge in [-0.25, -0.2) is 22.0 Å². The van der Waals surface area contributed by atoms with Crippen molar-refractivity contribution in [2.45, 2.75) is 24.0 Å². The average molecular weight is 456 g/mol. The molecule has 0 fully saturated rings. The number of hydrogen-bond donors (Lipinski definition) is 1. The van der Waals surface area contributed by atoms with Crippen LogP contribution in [0.1, 0.15) is 24.7 Å². The van der Waals surface area contributed by atoms with E-state index in [0.29, 0.717) is 10.7 Å². The van der Waals surface area contributed by atoms with Crippen LogP contribution in [0.25, 0.3) is 0 Å². The maximum absolute atomic E-state index is 14.5. The molecule has 5 nitrogen and oxygen atoms in total. The van der Waals surface area contributed by atoms with E-state index < -0.39 is 45.0 Å². The lowest BCUT2D eigenvalue weighted by Gasteiger charge is -2.21. The van der Waals surface area contributed by atoms with E-state index in [0.717, 1.165) is 18.2 Å². The predicted molar refractivity (Wildman–Crippen MR) is 111 cm³/mol. The number of rotatable bonds is 7. The van der Waals surface area contributed by atoms with Gasteiger partial charge >= 0.3 is 6.09 Å². The number of carbonyl (C=O) groups is 1. The van der Waals surface area contributed by atoms with Crippen LogP contribution in [0, 0.1) is 11.6 Å². The average Bonchev–Trinajstić information content (AvgIpc) is 2.69. The van der Waals surface area contributed by atoms with Gasteiger partial charge in [-0.05, 0) is 61.9 Å². The highest BCUT2D eigenvalue weighted by Gasteiger charge is 2.34. The molecule has 9 heteroatoms. The van der Waals surface area contributed by atoms with E-state index in [4.69, 9.17) is 16.3 Å². The van der Waals surface area contributed by atoms with Crippen molar-refractivity contribution in [2.75, 3.05) is 6.61 Å². The van der Waals surface area contributed by atoms with Gasteiger partial charge in [-0.2, -0.15) is 0 Å². The number of nitrogens with one attached hydrogen (secondary N) is 1. The molecule has 0 bridgehead atoms. The molecular formula is C21H20ClF2NO4S. The second-order valence-electron chi connectivity index (χ2n) is 6.38. The molecule has 1 N–H and O–H groups in total. The first-order valence-corrected chi connectivity index (χ1v) is 10.7. The first-order valence-electron chi connectivity index (χ1n) is 8.75. The van der Waals surface area contributed by atoms with Crippen LogP contribution in [0.4, 0.5) is 13.6 Å². The smallest absolute Gasteiger partial charge is 0.411 e. The summed E-state index contributed by atoms with van der Waals surface area (Å²) in [4.78, 5) is 11.7. The van der Waals surface area contributed by atoms with E-state index in [2.05, 4.69) is 11.9 Å². The van der Waals surface area contributed by atoms with Crippen LogP contribution in [0.3, 0.4) is 0 Å². The zero-order valence-corrected chi connectivity index (χ0v) is 17.9. The van der Waals surface area contributed by atoms with Crippen LogP contribution in [0.5, 0.6) is 0 Å². The van der Waals surface area contributed by atoms with E-state index in [1.807, 2.05) is 0 Å². The first kappa shape index (κ1) is 23.6. The Kier molecular flexibility index (Phi) is 7.75. The van der Waals surface area contributed by atoms with Gasteiger partial charge in [0, 0.05) is 16.3 Å². The molecule has 160 valence electrons. The van der Waals surface area contributed by atoms with E-state index in [1.54, 1.807) is 19.9 Å². The molecule has 1 amide bonds. The van der Waals surface area contributed by atoms with Crippen molar-refractivity contribution in [3.8, 4) is 0 Å². The minimum absolute atomic E-state index is 0.150. The summed E-state index contributed by atoms with van der Waals surface area (Å²) in [5.41, 5.74) is -0.0709. The molecule has 0 unspecified atom stereocenters. The highest BCUT2D eigenvalue weighted by molar-refractivity contribution is 7.92. The number of halogens is 3. The predicted octanol–water partition coefficient (Wildman–Crippen LogP) is 5.34. The summed E-state index contributed by atoms with van der Waals surface area (Å²) in [6, 6.07) is 7.70. The van der Waals surface area contributed by atoms with Crippen molar-refractivity contribution in [3.05, 3.63) is 88.6 Å². The number of alkyl carbamates (subject to hydrolysis) is 1. The molecule has 0 saturated carbocycles. The van der Waals surface area contributed by atoms with E-state index >= 15 is 0 Å². The number of benzene rings is 2. The molecule has 2 aromatic carbocycles. The van der Waals surface area contributed by atoms with Gasteiger partial charge in [-0.15, -0.1) is 0 Å². The molecule has 2 rings (SSSR count). The molecule has 0 aliphatic carbocycles. The fraction of sp³-hybridized carbons (Fsp3) is 0.190. The van der Waals surface area contributed by atoms with Crippen LogP contribution < -0.4 is 5.32 Å². The largest absolute Gasteiger partial charge is 0.445 e. The normalized spacial score (nSPS) is 12.9. The molecular weight excluding hydrogens is 436 g/mol. The molecule has 0 saturated heterocycles. The molecule has 1 atom stereocenters. The maximum Gasteiger partial charge on any atom is 0.411 e. The topological polar surface area (TPSA) is 72.5 Å². The Balaban J connectivity index is 2.44. The third-order valence-corrected chi connectivity index (χ3v) is 6.57. The summed E-state index contributed by atoms with van der Waals surface area (Å²) in [6.45, 7) is 6.47. The third kappa shape index (κ3) is 5.67. The lowest BCUT2D eigenvalue weighted by Crippen LogP contribution is -2.25. The summed E-state index contributed by atoms with van der Waals surface area (Å²) in [7, 11) is -4.27. The molecule has 0 aliphatic heterocycles. The number of carbonyl (C=O) groups excluding carboxylic acids is 1. The van der Waals surface area contributed by atoms with Crippen LogP contribution in [-0.2, 0) is 14.6 Å². The number of hydrogen-bond acceptors (Lipinski definition) is 4. The van der Waals surface area contributed by atoms with Crippen LogP contribution >= 0.6 is 11.6 Å². The van der Waals surface area contributed by atoms with E-state index in [9.17, 15) is 22.0 Å². The summed E-state index contributed by atoms with van der Waals surface area (Å²) in [6.07, 6.45) is 0.792. The SMILES string of the molecule is C=C(COC(=O)N/C(C)=C\C)[C@@H](c1cc(F)ccc1F)S(=O)(=O)c1ccc(Cl)cc1. The molecule has 0 spiro atoms. The van der Waals surface area contributed by atoms with Gasteiger partial charge in [0.05, 0.1) is 4.90 Å². The van der Waals surface area contributed by atoms with Gasteiger partial charge < -0.3 is 4.74 Å². The zero-order chi connectivity index (χ0) is 22.5. The lowest BCUT2D eigenvalue weighted by atomic mass is 10.1. The van der Waals surface area contributed by atoms with Gasteiger partial charge in [0.15, 0.2) is 9.84 Å². The summed E-state index contributed by atoms with van der Waals surface area (Å²) < 4.78 is 59.8. The lowest BCUT2D eigenvalue weighted by molar-refractivity contribution is 0.158. The Morgan fingerprint density at radius 3 is 2.47 bits per heavy atom. The molecule has 0 heterocycles. The molecule has 30 heavy (non-hydrogen) atoms. The van der Waals surface area contributed by atoms with E-state index in [1.165, 1.54) is 24.3 Å². The number of allylic oxidation sites excluding steroid dienone is 2. The van der Waals surface area contributed by atoms with Crippen molar-refractivity contribution in [1.29, 1.82) is 0 Å². The standard InChI is InChI=1S/C21H20ClF2NO4S/c1-4-14(3)25-21(26)29-12-13(2)20(18-11-16(23)7-10-19(18)24)30(27,28)17-8-5-15(22)6-9-17/h4-11,20H,2,12H2,1,3H3,(H,25,26)/b14-4-/t20-/m0/s1. The van der Waals surface area contributed by atoms with Crippen LogP contribution in [0.15, 0.2) is 71.3 Å². The Labute approximate surface area is 178 Å². The van der Waals surface area contributed by atoms with Gasteiger partial charge in [0.25, 0.3) is 0 Å². The van der Waals surface area contributed by atoms with Crippen molar-refractivity contribution in [1.82, 2.24) is 5.32 Å². The summed E-state index contributed by atoms with van der Waals surface area (Å²) in [5, 5.41) is 1.04. The monoisotopic (exact) mass is 455 g/mol. The third-order valence-electron chi connectivity index (χ3n) is 4.18. The molecule has 0 aromatic heterocycles. The van der Waals surface area contributed by atoms with Crippen LogP contribution in [-0.4, -0.2) is 21.1 Å². The molecule has 2 aromatic rings. The second kappa shape index (κ2) is 9.86. The Morgan fingerprint density at radius 1 is 1.23 bits per heavy atom. The number of sulfone groups is 1. The van der Waals surface area contributed by atoms with Crippen molar-refractivity contribution >= 4 is 27.5 Å². The quantitative estimate of drug-likeness (QED) is 0.572. The van der Waals surface area contributed by atoms with Gasteiger partial charge in [0.1, 0.15) is 23.5 Å². The Hall–Kier alpha value is -2.71. The molecule has 0 aliphatic rings. The summed E-state index contributed by atoms with van der Waals surface area (Å²) >= 11 is 5.81. The van der Waals surface area contributed by atoms with Gasteiger partial charge in [0.2, 0.25) is 0 Å².